The van der Waals surface area contributed by atoms with Crippen molar-refractivity contribution in [1.82, 2.24) is 4.90 Å². The van der Waals surface area contributed by atoms with Gasteiger partial charge in [0.1, 0.15) is 5.60 Å². The van der Waals surface area contributed by atoms with Crippen LogP contribution in [0.1, 0.15) is 22.2 Å². The van der Waals surface area contributed by atoms with Gasteiger partial charge in [-0.25, -0.2) is 4.79 Å². The molecule has 0 radical (unpaired) electrons. The SMILES string of the molecule is CC(C)(C)OC(=O)N1C=CC=CC1.[HH]. The van der Waals surface area contributed by atoms with Crippen LogP contribution < -0.4 is 0 Å². The van der Waals surface area contributed by atoms with Crippen LogP contribution in [0.3, 0.4) is 0 Å². The van der Waals surface area contributed by atoms with Crippen molar-refractivity contribution in [2.45, 2.75) is 26.4 Å². The summed E-state index contributed by atoms with van der Waals surface area (Å²) in [5.74, 6) is 0. The molecular weight excluding hydrogens is 166 g/mol. The first kappa shape index (κ1) is 9.84. The molecule has 3 nitrogen and oxygen atoms in total. The fourth-order valence-electron chi connectivity index (χ4n) is 0.923. The monoisotopic (exact) mass is 183 g/mol. The van der Waals surface area contributed by atoms with E-state index in [1.54, 1.807) is 6.20 Å². The molecule has 0 spiro atoms. The van der Waals surface area contributed by atoms with Crippen LogP contribution in [0.5, 0.6) is 0 Å². The fourth-order valence-corrected chi connectivity index (χ4v) is 0.923. The molecule has 0 bridgehead atoms. The maximum absolute atomic E-state index is 11.4. The third-order valence-corrected chi connectivity index (χ3v) is 1.44. The molecule has 0 fully saturated rings. The first-order chi connectivity index (χ1) is 5.99. The Balaban J connectivity index is 0.00000169. The van der Waals surface area contributed by atoms with E-state index in [0.29, 0.717) is 6.54 Å². The fraction of sp³-hybridized carbons (Fsp3) is 0.500. The van der Waals surface area contributed by atoms with E-state index in [-0.39, 0.29) is 7.52 Å². The minimum absolute atomic E-state index is 0. The van der Waals surface area contributed by atoms with Crippen molar-refractivity contribution in [3.8, 4) is 0 Å². The number of ether oxygens (including phenoxy) is 1. The zero-order valence-corrected chi connectivity index (χ0v) is 8.28. The number of hydrogen-bond donors (Lipinski definition) is 0. The number of rotatable bonds is 0. The van der Waals surface area contributed by atoms with Crippen molar-refractivity contribution in [2.24, 2.45) is 0 Å². The van der Waals surface area contributed by atoms with Crippen molar-refractivity contribution in [3.05, 3.63) is 24.4 Å². The lowest BCUT2D eigenvalue weighted by molar-refractivity contribution is 0.0350. The molecule has 3 heteroatoms. The minimum atomic E-state index is -0.425. The van der Waals surface area contributed by atoms with E-state index in [0.717, 1.165) is 0 Å². The van der Waals surface area contributed by atoms with Gasteiger partial charge in [-0.15, -0.1) is 0 Å². The van der Waals surface area contributed by atoms with Crippen LogP contribution in [-0.2, 0) is 4.74 Å². The summed E-state index contributed by atoms with van der Waals surface area (Å²) in [5, 5.41) is 0. The standard InChI is InChI=1S/C10H15NO2.H2/c1-10(2,3)13-9(12)11-7-5-4-6-8-11;/h4-7H,8H2,1-3H3;1H. The maximum Gasteiger partial charge on any atom is 0.414 e. The molecule has 13 heavy (non-hydrogen) atoms. The molecule has 1 rings (SSSR count). The smallest absolute Gasteiger partial charge is 0.414 e. The molecule has 0 aromatic carbocycles. The normalized spacial score (nSPS) is 16.1. The molecule has 0 aliphatic carbocycles. The van der Waals surface area contributed by atoms with Crippen LogP contribution >= 0.6 is 0 Å². The molecule has 1 heterocycles. The number of amides is 1. The lowest BCUT2D eigenvalue weighted by Crippen LogP contribution is -2.34. The Morgan fingerprint density at radius 1 is 1.46 bits per heavy atom. The molecule has 0 N–H and O–H groups in total. The highest BCUT2D eigenvalue weighted by molar-refractivity contribution is 5.70. The van der Waals surface area contributed by atoms with Crippen LogP contribution in [0.2, 0.25) is 0 Å². The van der Waals surface area contributed by atoms with Crippen molar-refractivity contribution in [3.63, 3.8) is 0 Å². The Hall–Kier alpha value is -1.25. The summed E-state index contributed by atoms with van der Waals surface area (Å²) in [6, 6.07) is 0. The predicted octanol–water partition coefficient (Wildman–Crippen LogP) is 2.55. The van der Waals surface area contributed by atoms with Crippen molar-refractivity contribution < 1.29 is 11.0 Å². The minimum Gasteiger partial charge on any atom is -0.443 e. The lowest BCUT2D eigenvalue weighted by Gasteiger charge is -2.25. The highest BCUT2D eigenvalue weighted by atomic mass is 16.6. The Kier molecular flexibility index (Phi) is 2.76. The third kappa shape index (κ3) is 3.32. The van der Waals surface area contributed by atoms with Gasteiger partial charge in [0.2, 0.25) is 0 Å². The van der Waals surface area contributed by atoms with Crippen LogP contribution in [0.25, 0.3) is 0 Å². The van der Waals surface area contributed by atoms with Crippen molar-refractivity contribution in [2.75, 3.05) is 6.54 Å². The van der Waals surface area contributed by atoms with Gasteiger partial charge in [-0.3, -0.25) is 4.90 Å². The zero-order chi connectivity index (χ0) is 9.90. The molecule has 74 valence electrons. The molecule has 1 aliphatic rings. The molecule has 0 aromatic rings. The molecule has 1 amide bonds. The van der Waals surface area contributed by atoms with Gasteiger partial charge in [0.15, 0.2) is 0 Å². The molecule has 0 saturated heterocycles. The number of carbonyl (C=O) groups is 1. The highest BCUT2D eigenvalue weighted by Gasteiger charge is 2.20. The Morgan fingerprint density at radius 2 is 2.15 bits per heavy atom. The summed E-state index contributed by atoms with van der Waals surface area (Å²) < 4.78 is 5.18. The van der Waals surface area contributed by atoms with Gasteiger partial charge in [0.05, 0.1) is 0 Å². The molecule has 0 atom stereocenters. The highest BCUT2D eigenvalue weighted by Crippen LogP contribution is 2.11. The van der Waals surface area contributed by atoms with Crippen LogP contribution in [0.15, 0.2) is 24.4 Å². The number of nitrogens with zero attached hydrogens (tertiary/aromatic N) is 1. The maximum atomic E-state index is 11.4. The Morgan fingerprint density at radius 3 is 2.62 bits per heavy atom. The van der Waals surface area contributed by atoms with Crippen LogP contribution in [-0.4, -0.2) is 23.1 Å². The second kappa shape index (κ2) is 3.64. The number of allylic oxidation sites excluding steroid dienone is 2. The van der Waals surface area contributed by atoms with E-state index in [2.05, 4.69) is 0 Å². The summed E-state index contributed by atoms with van der Waals surface area (Å²) >= 11 is 0. The number of hydrogen-bond acceptors (Lipinski definition) is 2. The van der Waals surface area contributed by atoms with Crippen LogP contribution in [0, 0.1) is 0 Å². The van der Waals surface area contributed by atoms with Crippen molar-refractivity contribution >= 4 is 6.09 Å². The third-order valence-electron chi connectivity index (χ3n) is 1.44. The van der Waals surface area contributed by atoms with E-state index in [4.69, 9.17) is 4.74 Å². The summed E-state index contributed by atoms with van der Waals surface area (Å²) in [7, 11) is 0. The van der Waals surface area contributed by atoms with E-state index < -0.39 is 5.60 Å². The van der Waals surface area contributed by atoms with Gasteiger partial charge in [-0.2, -0.15) is 0 Å². The van der Waals surface area contributed by atoms with E-state index in [1.807, 2.05) is 39.0 Å². The van der Waals surface area contributed by atoms with E-state index in [9.17, 15) is 4.79 Å². The average molecular weight is 183 g/mol. The van der Waals surface area contributed by atoms with Gasteiger partial charge < -0.3 is 4.74 Å². The molecule has 1 aliphatic heterocycles. The molecule has 0 aromatic heterocycles. The van der Waals surface area contributed by atoms with E-state index in [1.165, 1.54) is 4.90 Å². The predicted molar refractivity (Wildman–Crippen MR) is 53.3 cm³/mol. The van der Waals surface area contributed by atoms with Gasteiger partial charge in [-0.1, -0.05) is 12.2 Å². The largest absolute Gasteiger partial charge is 0.443 e. The van der Waals surface area contributed by atoms with Gasteiger partial charge in [0.25, 0.3) is 0 Å². The summed E-state index contributed by atoms with van der Waals surface area (Å²) in [6.07, 6.45) is 7.04. The van der Waals surface area contributed by atoms with Crippen molar-refractivity contribution in [1.29, 1.82) is 0 Å². The van der Waals surface area contributed by atoms with Gasteiger partial charge in [0, 0.05) is 14.2 Å². The first-order valence-electron chi connectivity index (χ1n) is 4.32. The van der Waals surface area contributed by atoms with E-state index >= 15 is 0 Å². The lowest BCUT2D eigenvalue weighted by atomic mass is 10.2. The molecular formula is C10H17NO2. The topological polar surface area (TPSA) is 29.5 Å². The Labute approximate surface area is 80.2 Å². The second-order valence-electron chi connectivity index (χ2n) is 3.90. The van der Waals surface area contributed by atoms with Gasteiger partial charge >= 0.3 is 6.09 Å². The first-order valence-corrected chi connectivity index (χ1v) is 4.32. The summed E-state index contributed by atoms with van der Waals surface area (Å²) in [4.78, 5) is 13.0. The quantitative estimate of drug-likeness (QED) is 0.577. The summed E-state index contributed by atoms with van der Waals surface area (Å²) in [6.45, 7) is 6.16. The second-order valence-corrected chi connectivity index (χ2v) is 3.90. The number of carbonyl (C=O) groups excluding carboxylic acids is 1. The van der Waals surface area contributed by atoms with Crippen LogP contribution in [0.4, 0.5) is 4.79 Å². The average Bonchev–Trinajstić information content (AvgIpc) is 2.03. The van der Waals surface area contributed by atoms with Gasteiger partial charge in [-0.05, 0) is 26.8 Å². The molecule has 0 unspecified atom stereocenters. The summed E-state index contributed by atoms with van der Waals surface area (Å²) in [5.41, 5.74) is -0.425. The molecule has 0 saturated carbocycles. The zero-order valence-electron chi connectivity index (χ0n) is 8.28. The Bertz CT molecular complexity index is 253.